The third-order valence-electron chi connectivity index (χ3n) is 5.47. The van der Waals surface area contributed by atoms with Crippen molar-refractivity contribution < 1.29 is 17.9 Å². The summed E-state index contributed by atoms with van der Waals surface area (Å²) in [4.78, 5) is 12.7. The Morgan fingerprint density at radius 2 is 1.72 bits per heavy atom. The van der Waals surface area contributed by atoms with Crippen molar-refractivity contribution in [3.63, 3.8) is 0 Å². The second-order valence-corrected chi connectivity index (χ2v) is 9.51. The van der Waals surface area contributed by atoms with Crippen LogP contribution in [0.1, 0.15) is 39.9 Å². The number of nitrogens with one attached hydrogen (secondary N) is 1. The molecule has 1 saturated heterocycles. The van der Waals surface area contributed by atoms with Crippen LogP contribution in [0.2, 0.25) is 0 Å². The lowest BCUT2D eigenvalue weighted by molar-refractivity contribution is 0.0923. The van der Waals surface area contributed by atoms with Gasteiger partial charge < -0.3 is 10.1 Å². The summed E-state index contributed by atoms with van der Waals surface area (Å²) in [6.07, 6.45) is 1.15. The summed E-state index contributed by atoms with van der Waals surface area (Å²) >= 11 is 0. The minimum Gasteiger partial charge on any atom is -0.495 e. The number of hydrogen-bond donors (Lipinski definition) is 1. The zero-order valence-corrected chi connectivity index (χ0v) is 18.2. The van der Waals surface area contributed by atoms with Crippen molar-refractivity contribution in [2.75, 3.05) is 20.2 Å². The van der Waals surface area contributed by atoms with E-state index in [1.807, 2.05) is 39.0 Å². The molecule has 0 aromatic heterocycles. The first-order chi connectivity index (χ1) is 13.7. The van der Waals surface area contributed by atoms with Crippen LogP contribution in [0, 0.1) is 20.8 Å². The average molecular weight is 417 g/mol. The number of rotatable bonds is 5. The number of carbonyl (C=O) groups excluding carboxylic acids is 1. The molecule has 0 saturated carbocycles. The van der Waals surface area contributed by atoms with E-state index in [2.05, 4.69) is 5.32 Å². The van der Waals surface area contributed by atoms with Crippen LogP contribution in [0.4, 0.5) is 0 Å². The third kappa shape index (κ3) is 4.62. The Hall–Kier alpha value is -2.38. The molecule has 1 aliphatic heterocycles. The van der Waals surface area contributed by atoms with Crippen LogP contribution in [0.3, 0.4) is 0 Å². The van der Waals surface area contributed by atoms with Gasteiger partial charge in [0.1, 0.15) is 10.6 Å². The number of piperidine rings is 1. The molecule has 1 N–H and O–H groups in total. The number of carbonyl (C=O) groups is 1. The summed E-state index contributed by atoms with van der Waals surface area (Å²) in [6.45, 7) is 6.48. The Balaban J connectivity index is 1.69. The molecule has 0 bridgehead atoms. The number of sulfonamides is 1. The maximum absolute atomic E-state index is 13.2. The topological polar surface area (TPSA) is 75.7 Å². The number of amides is 1. The van der Waals surface area contributed by atoms with Gasteiger partial charge in [-0.2, -0.15) is 4.31 Å². The van der Waals surface area contributed by atoms with Crippen molar-refractivity contribution in [1.29, 1.82) is 0 Å². The fourth-order valence-electron chi connectivity index (χ4n) is 3.56. The lowest BCUT2D eigenvalue weighted by Crippen LogP contribution is -2.46. The SMILES string of the molecule is COc1cc(C)c(C)cc1S(=O)(=O)N1CCC(NC(=O)c2cccc(C)c2)CC1. The zero-order chi connectivity index (χ0) is 21.2. The molecule has 7 heteroatoms. The summed E-state index contributed by atoms with van der Waals surface area (Å²) in [6, 6.07) is 10.8. The molecular weight excluding hydrogens is 388 g/mol. The van der Waals surface area contributed by atoms with Crippen LogP contribution in [0.15, 0.2) is 41.3 Å². The van der Waals surface area contributed by atoms with E-state index in [1.54, 1.807) is 18.2 Å². The van der Waals surface area contributed by atoms with Crippen molar-refractivity contribution in [1.82, 2.24) is 9.62 Å². The number of nitrogens with zero attached hydrogens (tertiary/aromatic N) is 1. The summed E-state index contributed by atoms with van der Waals surface area (Å²) in [5.74, 6) is 0.244. The van der Waals surface area contributed by atoms with E-state index >= 15 is 0 Å². The number of benzene rings is 2. The van der Waals surface area contributed by atoms with E-state index in [0.29, 0.717) is 37.2 Å². The molecule has 29 heavy (non-hydrogen) atoms. The first kappa shape index (κ1) is 21.3. The van der Waals surface area contributed by atoms with Gasteiger partial charge in [0, 0.05) is 24.7 Å². The van der Waals surface area contributed by atoms with Crippen LogP contribution in [-0.2, 0) is 10.0 Å². The maximum Gasteiger partial charge on any atom is 0.251 e. The molecule has 1 fully saturated rings. The van der Waals surface area contributed by atoms with Crippen LogP contribution < -0.4 is 10.1 Å². The van der Waals surface area contributed by atoms with Crippen molar-refractivity contribution in [2.24, 2.45) is 0 Å². The maximum atomic E-state index is 13.2. The highest BCUT2D eigenvalue weighted by atomic mass is 32.2. The van der Waals surface area contributed by atoms with Crippen molar-refractivity contribution in [3.8, 4) is 5.75 Å². The van der Waals surface area contributed by atoms with E-state index in [-0.39, 0.29) is 16.8 Å². The number of ether oxygens (including phenoxy) is 1. The van der Waals surface area contributed by atoms with Crippen LogP contribution in [0.25, 0.3) is 0 Å². The summed E-state index contributed by atoms with van der Waals surface area (Å²) in [5.41, 5.74) is 3.55. The van der Waals surface area contributed by atoms with Gasteiger partial charge in [0.15, 0.2) is 0 Å². The van der Waals surface area contributed by atoms with Gasteiger partial charge >= 0.3 is 0 Å². The van der Waals surface area contributed by atoms with Gasteiger partial charge in [0.2, 0.25) is 10.0 Å². The highest BCUT2D eigenvalue weighted by molar-refractivity contribution is 7.89. The lowest BCUT2D eigenvalue weighted by Gasteiger charge is -2.32. The highest BCUT2D eigenvalue weighted by Gasteiger charge is 2.32. The predicted octanol–water partition coefficient (Wildman–Crippen LogP) is 3.20. The van der Waals surface area contributed by atoms with Crippen molar-refractivity contribution >= 4 is 15.9 Å². The molecule has 1 amide bonds. The molecule has 1 heterocycles. The molecule has 0 aliphatic carbocycles. The first-order valence-electron chi connectivity index (χ1n) is 9.75. The van der Waals surface area contributed by atoms with E-state index in [1.165, 1.54) is 11.4 Å². The molecule has 0 radical (unpaired) electrons. The average Bonchev–Trinajstić information content (AvgIpc) is 2.70. The summed E-state index contributed by atoms with van der Waals surface area (Å²) in [5, 5.41) is 3.03. The molecule has 3 rings (SSSR count). The van der Waals surface area contributed by atoms with Crippen LogP contribution >= 0.6 is 0 Å². The van der Waals surface area contributed by atoms with Gasteiger partial charge in [0.05, 0.1) is 7.11 Å². The van der Waals surface area contributed by atoms with Crippen molar-refractivity contribution in [3.05, 3.63) is 58.7 Å². The third-order valence-corrected chi connectivity index (χ3v) is 7.39. The Bertz CT molecular complexity index is 1010. The lowest BCUT2D eigenvalue weighted by atomic mass is 10.1. The highest BCUT2D eigenvalue weighted by Crippen LogP contribution is 2.31. The van der Waals surface area contributed by atoms with Crippen LogP contribution in [0.5, 0.6) is 5.75 Å². The van der Waals surface area contributed by atoms with Gasteiger partial charge in [-0.05, 0) is 69.0 Å². The minimum atomic E-state index is -3.66. The molecule has 0 spiro atoms. The Morgan fingerprint density at radius 1 is 1.07 bits per heavy atom. The number of aryl methyl sites for hydroxylation is 3. The van der Waals surface area contributed by atoms with Gasteiger partial charge in [-0.25, -0.2) is 8.42 Å². The summed E-state index contributed by atoms with van der Waals surface area (Å²) < 4.78 is 33.2. The monoisotopic (exact) mass is 416 g/mol. The van der Waals surface area contributed by atoms with Crippen molar-refractivity contribution in [2.45, 2.75) is 44.6 Å². The molecule has 156 valence electrons. The summed E-state index contributed by atoms with van der Waals surface area (Å²) in [7, 11) is -2.18. The minimum absolute atomic E-state index is 0.0453. The Kier molecular flexibility index (Phi) is 6.29. The van der Waals surface area contributed by atoms with E-state index in [0.717, 1.165) is 16.7 Å². The molecule has 2 aromatic rings. The van der Waals surface area contributed by atoms with E-state index < -0.39 is 10.0 Å². The van der Waals surface area contributed by atoms with Gasteiger partial charge in [-0.15, -0.1) is 0 Å². The Labute approximate surface area is 172 Å². The molecule has 6 nitrogen and oxygen atoms in total. The second kappa shape index (κ2) is 8.55. The second-order valence-electron chi connectivity index (χ2n) is 7.61. The molecule has 0 atom stereocenters. The van der Waals surface area contributed by atoms with Crippen LogP contribution in [-0.4, -0.2) is 44.9 Å². The van der Waals surface area contributed by atoms with Gasteiger partial charge in [-0.1, -0.05) is 17.7 Å². The molecule has 1 aliphatic rings. The zero-order valence-electron chi connectivity index (χ0n) is 17.4. The quantitative estimate of drug-likeness (QED) is 0.812. The largest absolute Gasteiger partial charge is 0.495 e. The molecule has 0 unspecified atom stereocenters. The van der Waals surface area contributed by atoms with Gasteiger partial charge in [-0.3, -0.25) is 4.79 Å². The molecular formula is C22H28N2O4S. The molecule has 2 aromatic carbocycles. The number of hydrogen-bond acceptors (Lipinski definition) is 4. The standard InChI is InChI=1S/C22H28N2O4S/c1-15-6-5-7-18(12-15)22(25)23-19-8-10-24(11-9-19)29(26,27)21-14-17(3)16(2)13-20(21)28-4/h5-7,12-14,19H,8-11H2,1-4H3,(H,23,25). The van der Waals surface area contributed by atoms with E-state index in [9.17, 15) is 13.2 Å². The Morgan fingerprint density at radius 3 is 2.34 bits per heavy atom. The predicted molar refractivity (Wildman–Crippen MR) is 113 cm³/mol. The normalized spacial score (nSPS) is 15.9. The number of methoxy groups -OCH3 is 1. The van der Waals surface area contributed by atoms with E-state index in [4.69, 9.17) is 4.74 Å². The first-order valence-corrected chi connectivity index (χ1v) is 11.2. The van der Waals surface area contributed by atoms with Gasteiger partial charge in [0.25, 0.3) is 5.91 Å². The fourth-order valence-corrected chi connectivity index (χ4v) is 5.25. The fraction of sp³-hybridized carbons (Fsp3) is 0.409. The smallest absolute Gasteiger partial charge is 0.251 e.